The van der Waals surface area contributed by atoms with Crippen LogP contribution in [0.4, 0.5) is 4.79 Å². The number of ether oxygens (including phenoxy) is 1. The van der Waals surface area contributed by atoms with Crippen LogP contribution in [0, 0.1) is 5.41 Å². The molecule has 0 aromatic carbocycles. The summed E-state index contributed by atoms with van der Waals surface area (Å²) in [7, 11) is 3.72. The van der Waals surface area contributed by atoms with Gasteiger partial charge in [-0.2, -0.15) is 0 Å². The van der Waals surface area contributed by atoms with E-state index >= 15 is 0 Å². The molecule has 0 aromatic rings. The molecule has 0 rings (SSSR count). The van der Waals surface area contributed by atoms with Gasteiger partial charge in [-0.05, 0) is 14.1 Å². The Hall–Kier alpha value is -0.810. The summed E-state index contributed by atoms with van der Waals surface area (Å²) in [6, 6.07) is 0. The van der Waals surface area contributed by atoms with Crippen LogP contribution in [0.5, 0.6) is 0 Å². The Bertz CT molecular complexity index is 155. The zero-order valence-corrected chi connectivity index (χ0v) is 8.52. The molecule has 0 aliphatic rings. The highest BCUT2D eigenvalue weighted by Gasteiger charge is 2.24. The molecule has 0 atom stereocenters. The van der Waals surface area contributed by atoms with E-state index in [9.17, 15) is 4.79 Å². The van der Waals surface area contributed by atoms with Gasteiger partial charge in [0.2, 0.25) is 0 Å². The molecule has 5 nitrogen and oxygen atoms in total. The molecule has 13 heavy (non-hydrogen) atoms. The number of amides is 1. The number of nitrogens with one attached hydrogen (secondary N) is 2. The lowest BCUT2D eigenvalue weighted by atomic mass is 9.92. The van der Waals surface area contributed by atoms with E-state index in [1.54, 1.807) is 0 Å². The molecule has 0 unspecified atom stereocenters. The molecule has 0 saturated heterocycles. The Labute approximate surface area is 79.0 Å². The summed E-state index contributed by atoms with van der Waals surface area (Å²) in [5.74, 6) is 0. The van der Waals surface area contributed by atoms with Gasteiger partial charge >= 0.3 is 6.09 Å². The van der Waals surface area contributed by atoms with Crippen LogP contribution >= 0.6 is 0 Å². The predicted molar refractivity (Wildman–Crippen MR) is 51.5 cm³/mol. The number of hydrogen-bond donors (Lipinski definition) is 3. The summed E-state index contributed by atoms with van der Waals surface area (Å²) < 4.78 is 4.77. The maximum atomic E-state index is 10.4. The van der Waals surface area contributed by atoms with Crippen LogP contribution in [-0.4, -0.2) is 39.9 Å². The van der Waals surface area contributed by atoms with Crippen LogP contribution in [0.2, 0.25) is 0 Å². The van der Waals surface area contributed by atoms with E-state index in [1.165, 1.54) is 0 Å². The highest BCUT2D eigenvalue weighted by molar-refractivity contribution is 5.64. The van der Waals surface area contributed by atoms with Crippen molar-refractivity contribution in [3.63, 3.8) is 0 Å². The van der Waals surface area contributed by atoms with Crippen molar-refractivity contribution < 1.29 is 9.53 Å². The van der Waals surface area contributed by atoms with Crippen molar-refractivity contribution in [1.82, 2.24) is 10.6 Å². The molecule has 0 saturated carbocycles. The number of rotatable bonds is 6. The number of hydrogen-bond acceptors (Lipinski definition) is 4. The third kappa shape index (κ3) is 5.43. The van der Waals surface area contributed by atoms with Crippen molar-refractivity contribution >= 4 is 6.09 Å². The highest BCUT2D eigenvalue weighted by atomic mass is 16.5. The number of nitrogens with two attached hydrogens (primary N) is 1. The Morgan fingerprint density at radius 3 is 2.15 bits per heavy atom. The second-order valence-corrected chi connectivity index (χ2v) is 3.48. The monoisotopic (exact) mass is 189 g/mol. The van der Waals surface area contributed by atoms with E-state index in [4.69, 9.17) is 10.5 Å². The van der Waals surface area contributed by atoms with Crippen LogP contribution in [0.3, 0.4) is 0 Å². The first-order chi connectivity index (χ1) is 6.04. The Balaban J connectivity index is 3.98. The van der Waals surface area contributed by atoms with Crippen molar-refractivity contribution in [3.8, 4) is 0 Å². The summed E-state index contributed by atoms with van der Waals surface area (Å²) >= 11 is 0. The molecule has 1 amide bonds. The molecule has 0 radical (unpaired) electrons. The van der Waals surface area contributed by atoms with Gasteiger partial charge in [0.1, 0.15) is 6.61 Å². The summed E-state index contributed by atoms with van der Waals surface area (Å²) in [4.78, 5) is 10.4. The zero-order chi connectivity index (χ0) is 10.3. The smallest absolute Gasteiger partial charge is 0.404 e. The molecule has 0 aromatic heterocycles. The van der Waals surface area contributed by atoms with E-state index in [2.05, 4.69) is 10.6 Å². The quantitative estimate of drug-likeness (QED) is 0.528. The van der Waals surface area contributed by atoms with Gasteiger partial charge in [-0.3, -0.25) is 0 Å². The number of carbonyl (C=O) groups excluding carboxylic acids is 1. The third-order valence-corrected chi connectivity index (χ3v) is 1.77. The average Bonchev–Trinajstić information content (AvgIpc) is 2.02. The van der Waals surface area contributed by atoms with Gasteiger partial charge < -0.3 is 21.1 Å². The molecule has 0 heterocycles. The minimum atomic E-state index is -0.724. The summed E-state index contributed by atoms with van der Waals surface area (Å²) in [6.45, 7) is 3.87. The zero-order valence-electron chi connectivity index (χ0n) is 8.52. The summed E-state index contributed by atoms with van der Waals surface area (Å²) in [5, 5.41) is 6.09. The lowest BCUT2D eigenvalue weighted by Crippen LogP contribution is -2.42. The fourth-order valence-electron chi connectivity index (χ4n) is 1.26. The van der Waals surface area contributed by atoms with Gasteiger partial charge in [0, 0.05) is 18.5 Å². The maximum Gasteiger partial charge on any atom is 0.404 e. The second-order valence-electron chi connectivity index (χ2n) is 3.48. The molecule has 4 N–H and O–H groups in total. The van der Waals surface area contributed by atoms with E-state index in [-0.39, 0.29) is 5.41 Å². The van der Waals surface area contributed by atoms with Gasteiger partial charge in [-0.1, -0.05) is 6.92 Å². The minimum Gasteiger partial charge on any atom is -0.449 e. The predicted octanol–water partition coefficient (Wildman–Crippen LogP) is -0.473. The largest absolute Gasteiger partial charge is 0.449 e. The number of carbonyl (C=O) groups is 1. The normalized spacial score (nSPS) is 11.3. The molecule has 5 heteroatoms. The Morgan fingerprint density at radius 2 is 1.85 bits per heavy atom. The lowest BCUT2D eigenvalue weighted by Gasteiger charge is -2.28. The maximum absolute atomic E-state index is 10.4. The topological polar surface area (TPSA) is 76.4 Å². The van der Waals surface area contributed by atoms with Crippen LogP contribution < -0.4 is 16.4 Å². The van der Waals surface area contributed by atoms with Gasteiger partial charge in [-0.25, -0.2) is 4.79 Å². The first-order valence-corrected chi connectivity index (χ1v) is 4.25. The molecule has 0 spiro atoms. The van der Waals surface area contributed by atoms with E-state index in [0.717, 1.165) is 13.1 Å². The van der Waals surface area contributed by atoms with Crippen molar-refractivity contribution in [2.24, 2.45) is 11.1 Å². The third-order valence-electron chi connectivity index (χ3n) is 1.77. The number of primary amides is 1. The van der Waals surface area contributed by atoms with E-state index < -0.39 is 6.09 Å². The standard InChI is InChI=1S/C8H19N3O2/c1-8(4-10-2,5-11-3)6-13-7(9)12/h10-11H,4-6H2,1-3H3,(H2,9,12). The lowest BCUT2D eigenvalue weighted by molar-refractivity contribution is 0.0980. The molecule has 0 aliphatic heterocycles. The van der Waals surface area contributed by atoms with Crippen LogP contribution in [0.1, 0.15) is 6.92 Å². The van der Waals surface area contributed by atoms with E-state index in [1.807, 2.05) is 21.0 Å². The summed E-state index contributed by atoms with van der Waals surface area (Å²) in [6.07, 6.45) is -0.724. The fourth-order valence-corrected chi connectivity index (χ4v) is 1.26. The molecular weight excluding hydrogens is 170 g/mol. The minimum absolute atomic E-state index is 0.113. The first kappa shape index (κ1) is 12.2. The van der Waals surface area contributed by atoms with Crippen molar-refractivity contribution in [1.29, 1.82) is 0 Å². The van der Waals surface area contributed by atoms with Crippen molar-refractivity contribution in [3.05, 3.63) is 0 Å². The molecule has 0 fully saturated rings. The molecule has 0 aliphatic carbocycles. The molecular formula is C8H19N3O2. The molecule has 0 bridgehead atoms. The van der Waals surface area contributed by atoms with Gasteiger partial charge in [0.25, 0.3) is 0 Å². The van der Waals surface area contributed by atoms with Gasteiger partial charge in [-0.15, -0.1) is 0 Å². The van der Waals surface area contributed by atoms with Crippen LogP contribution in [0.15, 0.2) is 0 Å². The average molecular weight is 189 g/mol. The highest BCUT2D eigenvalue weighted by Crippen LogP contribution is 2.13. The van der Waals surface area contributed by atoms with Gasteiger partial charge in [0.05, 0.1) is 0 Å². The molecule has 78 valence electrons. The SMILES string of the molecule is CNCC(C)(CNC)COC(N)=O. The van der Waals surface area contributed by atoms with Crippen LogP contribution in [-0.2, 0) is 4.74 Å². The Kier molecular flexibility index (Phi) is 5.41. The van der Waals surface area contributed by atoms with Gasteiger partial charge in [0.15, 0.2) is 0 Å². The first-order valence-electron chi connectivity index (χ1n) is 4.25. The summed E-state index contributed by atoms with van der Waals surface area (Å²) in [5.41, 5.74) is 4.78. The van der Waals surface area contributed by atoms with Crippen molar-refractivity contribution in [2.75, 3.05) is 33.8 Å². The second kappa shape index (κ2) is 5.77. The fraction of sp³-hybridized carbons (Fsp3) is 0.875. The van der Waals surface area contributed by atoms with Crippen molar-refractivity contribution in [2.45, 2.75) is 6.92 Å². The Morgan fingerprint density at radius 1 is 1.38 bits per heavy atom. The van der Waals surface area contributed by atoms with Crippen LogP contribution in [0.25, 0.3) is 0 Å². The van der Waals surface area contributed by atoms with E-state index in [0.29, 0.717) is 6.61 Å².